The molecule has 2 N–H and O–H groups in total. The van der Waals surface area contributed by atoms with E-state index >= 15 is 0 Å². The van der Waals surface area contributed by atoms with Crippen molar-refractivity contribution in [3.05, 3.63) is 95.3 Å². The molecular weight excluding hydrogens is 378 g/mol. The predicted octanol–water partition coefficient (Wildman–Crippen LogP) is 4.64. The van der Waals surface area contributed by atoms with Crippen LogP contribution in [0.5, 0.6) is 0 Å². The number of anilines is 1. The summed E-state index contributed by atoms with van der Waals surface area (Å²) in [6.07, 6.45) is 5.51. The molecule has 152 valence electrons. The smallest absolute Gasteiger partial charge is 0.407 e. The number of aryl methyl sites for hydroxylation is 1. The molecule has 30 heavy (non-hydrogen) atoms. The number of carbonyl (C=O) groups is 2. The van der Waals surface area contributed by atoms with Crippen LogP contribution in [0, 0.1) is 0 Å². The number of benzene rings is 2. The Hall–Kier alpha value is -3.67. The fourth-order valence-electron chi connectivity index (χ4n) is 3.64. The van der Waals surface area contributed by atoms with Gasteiger partial charge in [-0.05, 0) is 60.2 Å². The first-order valence-corrected chi connectivity index (χ1v) is 10.0. The second-order valence-corrected chi connectivity index (χ2v) is 7.25. The fraction of sp³-hybridized carbons (Fsp3) is 0.208. The molecule has 0 saturated heterocycles. The van der Waals surface area contributed by atoms with Crippen LogP contribution in [0.4, 0.5) is 10.5 Å². The molecule has 1 unspecified atom stereocenters. The van der Waals surface area contributed by atoms with Gasteiger partial charge in [-0.25, -0.2) is 4.79 Å². The number of alkyl carbamates (subject to hydrolysis) is 1. The highest BCUT2D eigenvalue weighted by Gasteiger charge is 2.23. The Bertz CT molecular complexity index is 1020. The molecule has 3 aromatic rings. The summed E-state index contributed by atoms with van der Waals surface area (Å²) in [4.78, 5) is 28.9. The molecule has 6 nitrogen and oxygen atoms in total. The number of nitrogens with zero attached hydrogens (tertiary/aromatic N) is 1. The third-order valence-electron chi connectivity index (χ3n) is 5.17. The molecule has 1 aliphatic carbocycles. The van der Waals surface area contributed by atoms with E-state index in [2.05, 4.69) is 15.6 Å². The zero-order chi connectivity index (χ0) is 20.8. The van der Waals surface area contributed by atoms with Gasteiger partial charge in [0.1, 0.15) is 6.61 Å². The van der Waals surface area contributed by atoms with Gasteiger partial charge in [-0.2, -0.15) is 0 Å². The summed E-state index contributed by atoms with van der Waals surface area (Å²) in [6.45, 7) is 0.223. The molecule has 0 bridgehead atoms. The van der Waals surface area contributed by atoms with E-state index in [1.807, 2.05) is 48.5 Å². The van der Waals surface area contributed by atoms with E-state index in [9.17, 15) is 9.59 Å². The van der Waals surface area contributed by atoms with E-state index in [0.717, 1.165) is 36.0 Å². The molecule has 6 heteroatoms. The van der Waals surface area contributed by atoms with Crippen molar-refractivity contribution in [3.8, 4) is 0 Å². The highest BCUT2D eigenvalue weighted by molar-refractivity contribution is 6.04. The molecule has 1 aliphatic rings. The molecule has 0 saturated carbocycles. The van der Waals surface area contributed by atoms with Crippen LogP contribution in [0.3, 0.4) is 0 Å². The number of hydrogen-bond acceptors (Lipinski definition) is 4. The Kier molecular flexibility index (Phi) is 6.03. The van der Waals surface area contributed by atoms with Gasteiger partial charge in [-0.1, -0.05) is 36.4 Å². The van der Waals surface area contributed by atoms with E-state index in [1.54, 1.807) is 24.5 Å². The van der Waals surface area contributed by atoms with Gasteiger partial charge in [0.2, 0.25) is 0 Å². The maximum Gasteiger partial charge on any atom is 0.407 e. The van der Waals surface area contributed by atoms with Crippen LogP contribution in [-0.4, -0.2) is 17.0 Å². The van der Waals surface area contributed by atoms with Crippen molar-refractivity contribution in [2.75, 3.05) is 5.32 Å². The number of rotatable bonds is 5. The second-order valence-electron chi connectivity index (χ2n) is 7.25. The van der Waals surface area contributed by atoms with Gasteiger partial charge in [0.25, 0.3) is 5.91 Å². The maximum atomic E-state index is 12.6. The van der Waals surface area contributed by atoms with Gasteiger partial charge in [-0.3, -0.25) is 9.78 Å². The molecule has 0 fully saturated rings. The summed E-state index contributed by atoms with van der Waals surface area (Å²) in [5, 5.41) is 5.83. The third-order valence-corrected chi connectivity index (χ3v) is 5.17. The van der Waals surface area contributed by atoms with Gasteiger partial charge >= 0.3 is 6.09 Å². The quantitative estimate of drug-likeness (QED) is 0.653. The van der Waals surface area contributed by atoms with E-state index in [1.165, 1.54) is 0 Å². The average molecular weight is 401 g/mol. The number of carbonyl (C=O) groups excluding carboxylic acids is 2. The van der Waals surface area contributed by atoms with E-state index in [4.69, 9.17) is 4.74 Å². The van der Waals surface area contributed by atoms with Crippen LogP contribution in [-0.2, 0) is 17.8 Å². The van der Waals surface area contributed by atoms with Crippen LogP contribution < -0.4 is 10.6 Å². The number of aromatic nitrogens is 1. The number of ether oxygens (including phenoxy) is 1. The minimum absolute atomic E-state index is 0.175. The van der Waals surface area contributed by atoms with Gasteiger partial charge in [0, 0.05) is 23.6 Å². The van der Waals surface area contributed by atoms with Crippen LogP contribution in [0.2, 0.25) is 0 Å². The predicted molar refractivity (Wildman–Crippen MR) is 114 cm³/mol. The summed E-state index contributed by atoms with van der Waals surface area (Å²) in [5.41, 5.74) is 4.30. The highest BCUT2D eigenvalue weighted by Crippen LogP contribution is 2.31. The van der Waals surface area contributed by atoms with Crippen molar-refractivity contribution in [2.24, 2.45) is 0 Å². The van der Waals surface area contributed by atoms with Crippen molar-refractivity contribution in [1.29, 1.82) is 0 Å². The van der Waals surface area contributed by atoms with E-state index in [0.29, 0.717) is 11.3 Å². The lowest BCUT2D eigenvalue weighted by Gasteiger charge is -2.26. The van der Waals surface area contributed by atoms with Crippen LogP contribution >= 0.6 is 0 Å². The van der Waals surface area contributed by atoms with Gasteiger partial charge < -0.3 is 15.4 Å². The summed E-state index contributed by atoms with van der Waals surface area (Å²) < 4.78 is 5.37. The Morgan fingerprint density at radius 3 is 2.63 bits per heavy atom. The molecule has 0 aliphatic heterocycles. The summed E-state index contributed by atoms with van der Waals surface area (Å²) in [5.74, 6) is -0.194. The van der Waals surface area contributed by atoms with Crippen LogP contribution in [0.15, 0.2) is 73.1 Å². The molecule has 2 aromatic carbocycles. The molecule has 0 radical (unpaired) electrons. The van der Waals surface area contributed by atoms with Crippen molar-refractivity contribution < 1.29 is 14.3 Å². The molecule has 1 aromatic heterocycles. The van der Waals surface area contributed by atoms with Crippen LogP contribution in [0.1, 0.15) is 45.9 Å². The molecule has 1 atom stereocenters. The average Bonchev–Trinajstić information content (AvgIpc) is 2.79. The number of pyridine rings is 1. The van der Waals surface area contributed by atoms with Crippen molar-refractivity contribution in [2.45, 2.75) is 31.9 Å². The number of amides is 2. The number of fused-ring (bicyclic) bond motifs is 1. The topological polar surface area (TPSA) is 80.3 Å². The molecule has 0 spiro atoms. The van der Waals surface area contributed by atoms with Crippen LogP contribution in [0.25, 0.3) is 0 Å². The summed E-state index contributed by atoms with van der Waals surface area (Å²) >= 11 is 0. The minimum Gasteiger partial charge on any atom is -0.445 e. The van der Waals surface area contributed by atoms with E-state index < -0.39 is 6.09 Å². The molecule has 4 rings (SSSR count). The molecule has 1 heterocycles. The summed E-state index contributed by atoms with van der Waals surface area (Å²) in [6, 6.07) is 18.5. The zero-order valence-electron chi connectivity index (χ0n) is 16.5. The first kappa shape index (κ1) is 19.6. The Morgan fingerprint density at radius 2 is 1.83 bits per heavy atom. The first-order chi connectivity index (χ1) is 14.7. The third kappa shape index (κ3) is 4.84. The lowest BCUT2D eigenvalue weighted by atomic mass is 9.86. The summed E-state index contributed by atoms with van der Waals surface area (Å²) in [7, 11) is 0. The highest BCUT2D eigenvalue weighted by atomic mass is 16.5. The SMILES string of the molecule is O=C(NC1CCCc2ccc(C(=O)Nc3ccncc3)cc21)OCc1ccccc1. The Balaban J connectivity index is 1.44. The van der Waals surface area contributed by atoms with Crippen molar-refractivity contribution in [1.82, 2.24) is 10.3 Å². The molecule has 2 amide bonds. The van der Waals surface area contributed by atoms with Crippen molar-refractivity contribution >= 4 is 17.7 Å². The number of hydrogen-bond donors (Lipinski definition) is 2. The Labute approximate surface area is 175 Å². The minimum atomic E-state index is -0.455. The maximum absolute atomic E-state index is 12.6. The van der Waals surface area contributed by atoms with Crippen molar-refractivity contribution in [3.63, 3.8) is 0 Å². The first-order valence-electron chi connectivity index (χ1n) is 10.0. The number of nitrogens with one attached hydrogen (secondary N) is 2. The molecular formula is C24H23N3O3. The van der Waals surface area contributed by atoms with Gasteiger partial charge in [-0.15, -0.1) is 0 Å². The van der Waals surface area contributed by atoms with E-state index in [-0.39, 0.29) is 18.6 Å². The monoisotopic (exact) mass is 401 g/mol. The zero-order valence-corrected chi connectivity index (χ0v) is 16.5. The fourth-order valence-corrected chi connectivity index (χ4v) is 3.64. The second kappa shape index (κ2) is 9.22. The lowest BCUT2D eigenvalue weighted by Crippen LogP contribution is -2.31. The van der Waals surface area contributed by atoms with Gasteiger partial charge in [0.15, 0.2) is 0 Å². The Morgan fingerprint density at radius 1 is 1.03 bits per heavy atom. The standard InChI is InChI=1S/C24H23N3O3/c28-23(26-20-11-13-25-14-12-20)19-10-9-18-7-4-8-22(21(18)15-19)27-24(29)30-16-17-5-2-1-3-6-17/h1-3,5-6,9-15,22H,4,7-8,16H2,(H,27,29)(H,25,26,28). The largest absolute Gasteiger partial charge is 0.445 e. The van der Waals surface area contributed by atoms with Gasteiger partial charge in [0.05, 0.1) is 6.04 Å². The normalized spacial score (nSPS) is 15.0. The lowest BCUT2D eigenvalue weighted by molar-refractivity contribution is 0.102.